The molecule has 0 heterocycles. The van der Waals surface area contributed by atoms with Crippen molar-refractivity contribution in [3.8, 4) is 0 Å². The summed E-state index contributed by atoms with van der Waals surface area (Å²) in [6.07, 6.45) is 3.82. The number of rotatable bonds is 4. The van der Waals surface area contributed by atoms with Crippen LogP contribution in [0, 0.1) is 19.7 Å². The molecule has 17 heavy (non-hydrogen) atoms. The maximum absolute atomic E-state index is 13.1. The molecule has 0 amide bonds. The first-order chi connectivity index (χ1) is 8.04. The molecule has 0 bridgehead atoms. The molecule has 2 nitrogen and oxygen atoms in total. The normalized spacial score (nSPS) is 10.8. The van der Waals surface area contributed by atoms with Crippen molar-refractivity contribution in [3.05, 3.63) is 40.7 Å². The van der Waals surface area contributed by atoms with Crippen molar-refractivity contribution in [2.45, 2.75) is 27.2 Å². The number of halogens is 1. The van der Waals surface area contributed by atoms with E-state index in [2.05, 4.69) is 0 Å². The summed E-state index contributed by atoms with van der Waals surface area (Å²) in [4.78, 5) is 11.1. The zero-order chi connectivity index (χ0) is 12.8. The molecule has 1 rings (SSSR count). The van der Waals surface area contributed by atoms with Gasteiger partial charge in [0.1, 0.15) is 5.82 Å². The Balaban J connectivity index is 2.75. The van der Waals surface area contributed by atoms with Crippen LogP contribution in [0.5, 0.6) is 0 Å². The SMILES string of the molecule is CCOC(=O)CC=Cc1c(C)cc(F)cc1C. The third-order valence-electron chi connectivity index (χ3n) is 2.43. The van der Waals surface area contributed by atoms with Crippen LogP contribution < -0.4 is 0 Å². The van der Waals surface area contributed by atoms with Crippen LogP contribution in [-0.4, -0.2) is 12.6 Å². The second kappa shape index (κ2) is 6.18. The molecule has 0 atom stereocenters. The third kappa shape index (κ3) is 4.02. The first kappa shape index (κ1) is 13.4. The molecule has 0 spiro atoms. The van der Waals surface area contributed by atoms with Crippen molar-refractivity contribution in [1.29, 1.82) is 0 Å². The van der Waals surface area contributed by atoms with E-state index < -0.39 is 0 Å². The number of ether oxygens (including phenoxy) is 1. The largest absolute Gasteiger partial charge is 0.466 e. The van der Waals surface area contributed by atoms with Gasteiger partial charge in [0.25, 0.3) is 0 Å². The van der Waals surface area contributed by atoms with Crippen molar-refractivity contribution >= 4 is 12.0 Å². The van der Waals surface area contributed by atoms with Crippen molar-refractivity contribution in [1.82, 2.24) is 0 Å². The van der Waals surface area contributed by atoms with Crippen LogP contribution in [0.4, 0.5) is 4.39 Å². The number of esters is 1. The van der Waals surface area contributed by atoms with Gasteiger partial charge in [-0.3, -0.25) is 4.79 Å². The Morgan fingerprint density at radius 3 is 2.47 bits per heavy atom. The van der Waals surface area contributed by atoms with E-state index in [1.165, 1.54) is 12.1 Å². The Kier molecular flexibility index (Phi) is 4.88. The second-order valence-electron chi connectivity index (χ2n) is 3.86. The summed E-state index contributed by atoms with van der Waals surface area (Å²) < 4.78 is 17.9. The molecule has 0 unspecified atom stereocenters. The fourth-order valence-corrected chi connectivity index (χ4v) is 1.68. The van der Waals surface area contributed by atoms with Crippen LogP contribution in [0.15, 0.2) is 18.2 Å². The van der Waals surface area contributed by atoms with Crippen molar-refractivity contribution in [2.75, 3.05) is 6.61 Å². The molecular weight excluding hydrogens is 219 g/mol. The highest BCUT2D eigenvalue weighted by molar-refractivity contribution is 5.73. The number of carbonyl (C=O) groups is 1. The molecule has 0 saturated heterocycles. The monoisotopic (exact) mass is 236 g/mol. The van der Waals surface area contributed by atoms with Gasteiger partial charge in [0.15, 0.2) is 0 Å². The van der Waals surface area contributed by atoms with E-state index in [-0.39, 0.29) is 18.2 Å². The summed E-state index contributed by atoms with van der Waals surface area (Å²) >= 11 is 0. The average molecular weight is 236 g/mol. The van der Waals surface area contributed by atoms with Crippen LogP contribution in [0.3, 0.4) is 0 Å². The van der Waals surface area contributed by atoms with Crippen LogP contribution in [0.2, 0.25) is 0 Å². The second-order valence-corrected chi connectivity index (χ2v) is 3.86. The van der Waals surface area contributed by atoms with Crippen molar-refractivity contribution in [3.63, 3.8) is 0 Å². The van der Waals surface area contributed by atoms with E-state index in [9.17, 15) is 9.18 Å². The van der Waals surface area contributed by atoms with Crippen LogP contribution in [0.25, 0.3) is 6.08 Å². The average Bonchev–Trinajstić information content (AvgIpc) is 2.22. The van der Waals surface area contributed by atoms with Gasteiger partial charge in [0, 0.05) is 0 Å². The quantitative estimate of drug-likeness (QED) is 0.749. The fraction of sp³-hybridized carbons (Fsp3) is 0.357. The highest BCUT2D eigenvalue weighted by Crippen LogP contribution is 2.17. The Morgan fingerprint density at radius 1 is 1.35 bits per heavy atom. The minimum atomic E-state index is -0.249. The summed E-state index contributed by atoms with van der Waals surface area (Å²) in [7, 11) is 0. The first-order valence-electron chi connectivity index (χ1n) is 5.63. The Morgan fingerprint density at radius 2 is 1.94 bits per heavy atom. The predicted octanol–water partition coefficient (Wildman–Crippen LogP) is 3.41. The van der Waals surface area contributed by atoms with E-state index in [0.29, 0.717) is 6.61 Å². The molecule has 0 saturated carbocycles. The number of hydrogen-bond acceptors (Lipinski definition) is 2. The highest BCUT2D eigenvalue weighted by atomic mass is 19.1. The minimum absolute atomic E-state index is 0.234. The molecule has 1 aromatic carbocycles. The summed E-state index contributed by atoms with van der Waals surface area (Å²) in [5.41, 5.74) is 2.68. The van der Waals surface area contributed by atoms with Gasteiger partial charge in [0.05, 0.1) is 13.0 Å². The lowest BCUT2D eigenvalue weighted by atomic mass is 10.0. The van der Waals surface area contributed by atoms with Crippen molar-refractivity contribution in [2.24, 2.45) is 0 Å². The third-order valence-corrected chi connectivity index (χ3v) is 2.43. The highest BCUT2D eigenvalue weighted by Gasteiger charge is 2.02. The smallest absolute Gasteiger partial charge is 0.309 e. The van der Waals surface area contributed by atoms with Gasteiger partial charge in [0.2, 0.25) is 0 Å². The predicted molar refractivity (Wildman–Crippen MR) is 66.2 cm³/mol. The standard InChI is InChI=1S/C14H17FO2/c1-4-17-14(16)7-5-6-13-10(2)8-12(15)9-11(13)3/h5-6,8-9H,4,7H2,1-3H3. The number of hydrogen-bond donors (Lipinski definition) is 0. The molecule has 0 aliphatic heterocycles. The zero-order valence-corrected chi connectivity index (χ0v) is 10.4. The van der Waals surface area contributed by atoms with Gasteiger partial charge < -0.3 is 4.74 Å². The van der Waals surface area contributed by atoms with E-state index in [1.807, 2.05) is 19.9 Å². The zero-order valence-electron chi connectivity index (χ0n) is 10.4. The minimum Gasteiger partial charge on any atom is -0.466 e. The molecule has 0 radical (unpaired) electrons. The summed E-state index contributed by atoms with van der Waals surface area (Å²) in [6.45, 7) is 5.86. The topological polar surface area (TPSA) is 26.3 Å². The summed E-state index contributed by atoms with van der Waals surface area (Å²) in [6, 6.07) is 2.97. The first-order valence-corrected chi connectivity index (χ1v) is 5.63. The van der Waals surface area contributed by atoms with Gasteiger partial charge >= 0.3 is 5.97 Å². The van der Waals surface area contributed by atoms with E-state index in [0.717, 1.165) is 16.7 Å². The Bertz CT molecular complexity index is 413. The Labute approximate surface area is 101 Å². The fourth-order valence-electron chi connectivity index (χ4n) is 1.68. The number of aryl methyl sites for hydroxylation is 2. The van der Waals surface area contributed by atoms with E-state index in [4.69, 9.17) is 4.74 Å². The van der Waals surface area contributed by atoms with Gasteiger partial charge in [-0.15, -0.1) is 0 Å². The molecular formula is C14H17FO2. The molecule has 1 aromatic rings. The lowest BCUT2D eigenvalue weighted by Crippen LogP contribution is -2.01. The van der Waals surface area contributed by atoms with Crippen LogP contribution >= 0.6 is 0 Å². The van der Waals surface area contributed by atoms with Gasteiger partial charge in [-0.05, 0) is 49.6 Å². The molecule has 92 valence electrons. The molecule has 0 aliphatic rings. The maximum Gasteiger partial charge on any atom is 0.309 e. The summed E-state index contributed by atoms with van der Waals surface area (Å²) in [5, 5.41) is 0. The van der Waals surface area contributed by atoms with Crippen LogP contribution in [-0.2, 0) is 9.53 Å². The number of benzene rings is 1. The summed E-state index contributed by atoms with van der Waals surface area (Å²) in [5.74, 6) is -0.483. The van der Waals surface area contributed by atoms with Crippen LogP contribution in [0.1, 0.15) is 30.0 Å². The van der Waals surface area contributed by atoms with Crippen molar-refractivity contribution < 1.29 is 13.9 Å². The Hall–Kier alpha value is -1.64. The molecule has 0 aromatic heterocycles. The lowest BCUT2D eigenvalue weighted by Gasteiger charge is -2.05. The number of carbonyl (C=O) groups excluding carboxylic acids is 1. The van der Waals surface area contributed by atoms with E-state index >= 15 is 0 Å². The molecule has 0 aliphatic carbocycles. The van der Waals surface area contributed by atoms with E-state index in [1.54, 1.807) is 13.0 Å². The van der Waals surface area contributed by atoms with Gasteiger partial charge in [-0.25, -0.2) is 4.39 Å². The van der Waals surface area contributed by atoms with Gasteiger partial charge in [-0.2, -0.15) is 0 Å². The molecule has 0 N–H and O–H groups in total. The molecule has 3 heteroatoms. The lowest BCUT2D eigenvalue weighted by molar-refractivity contribution is -0.142. The molecule has 0 fully saturated rings. The van der Waals surface area contributed by atoms with Gasteiger partial charge in [-0.1, -0.05) is 12.2 Å². The maximum atomic E-state index is 13.1.